The van der Waals surface area contributed by atoms with Crippen molar-refractivity contribution in [1.29, 1.82) is 0 Å². The van der Waals surface area contributed by atoms with Gasteiger partial charge in [-0.25, -0.2) is 0 Å². The Balaban J connectivity index is 0.000000433. The molecule has 1 N–H and O–H groups in total. The largest absolute Gasteiger partial charge is 0.490 e. The standard InChI is InChI=1S/C18H15P.CH3BO2/c1-4-10-16(11-5-1)19(17-12-6-2-7-13-17)18-14-8-3-9-15-18;2-1(3)4/h1-15H;2H2,(H,3,4). The lowest BCUT2D eigenvalue weighted by Gasteiger charge is -2.18. The van der Waals surface area contributed by atoms with Crippen LogP contribution in [-0.4, -0.2) is 18.8 Å². The molecule has 0 aromatic heterocycles. The number of hydrogen-bond donors (Lipinski definition) is 1. The molecular formula is C19H18BO2P. The van der Waals surface area contributed by atoms with Gasteiger partial charge in [0.25, 0.3) is 0 Å². The van der Waals surface area contributed by atoms with Crippen molar-refractivity contribution >= 4 is 37.6 Å². The molecule has 0 heterocycles. The van der Waals surface area contributed by atoms with Crippen LogP contribution >= 0.6 is 7.92 Å². The molecule has 0 saturated heterocycles. The Labute approximate surface area is 139 Å². The first-order chi connectivity index (χ1) is 11.2. The number of hydrogen-bond acceptors (Lipinski definition) is 1. The normalized spacial score (nSPS) is 9.78. The van der Waals surface area contributed by atoms with Crippen molar-refractivity contribution < 1.29 is 9.90 Å². The van der Waals surface area contributed by atoms with Gasteiger partial charge < -0.3 is 5.11 Å². The first kappa shape index (κ1) is 17.0. The molecule has 0 unspecified atom stereocenters. The third-order valence-electron chi connectivity index (χ3n) is 3.04. The average Bonchev–Trinajstić information content (AvgIpc) is 2.58. The summed E-state index contributed by atoms with van der Waals surface area (Å²) in [5, 5.41) is 11.6. The zero-order valence-corrected chi connectivity index (χ0v) is 13.9. The van der Waals surface area contributed by atoms with Crippen LogP contribution in [0.15, 0.2) is 91.0 Å². The maximum absolute atomic E-state index is 9.00. The fraction of sp³-hybridized carbons (Fsp3) is 0. The fourth-order valence-electron chi connectivity index (χ4n) is 2.18. The Kier molecular flexibility index (Phi) is 6.59. The highest BCUT2D eigenvalue weighted by atomic mass is 31.1. The minimum absolute atomic E-state index is 0.446. The van der Waals surface area contributed by atoms with Crippen molar-refractivity contribution in [3.8, 4) is 0 Å². The highest BCUT2D eigenvalue weighted by molar-refractivity contribution is 7.79. The molecule has 114 valence electrons. The van der Waals surface area contributed by atoms with E-state index in [1.807, 2.05) is 0 Å². The van der Waals surface area contributed by atoms with E-state index in [4.69, 9.17) is 9.90 Å². The quantitative estimate of drug-likeness (QED) is 0.595. The van der Waals surface area contributed by atoms with Crippen LogP contribution in [0.4, 0.5) is 4.79 Å². The molecule has 0 spiro atoms. The molecule has 0 aliphatic heterocycles. The summed E-state index contributed by atoms with van der Waals surface area (Å²) in [7, 11) is 0.637. The topological polar surface area (TPSA) is 37.3 Å². The van der Waals surface area contributed by atoms with Gasteiger partial charge in [0.2, 0.25) is 13.7 Å². The van der Waals surface area contributed by atoms with Gasteiger partial charge in [-0.15, -0.1) is 0 Å². The van der Waals surface area contributed by atoms with Gasteiger partial charge in [-0.1, -0.05) is 91.0 Å². The summed E-state index contributed by atoms with van der Waals surface area (Å²) in [6, 6.07) is 32.3. The summed E-state index contributed by atoms with van der Waals surface area (Å²) in [5.41, 5.74) is 0. The Morgan fingerprint density at radius 2 is 0.870 bits per heavy atom. The second-order valence-corrected chi connectivity index (χ2v) is 7.08. The van der Waals surface area contributed by atoms with Crippen molar-refractivity contribution in [1.82, 2.24) is 0 Å². The maximum atomic E-state index is 9.00. The maximum Gasteiger partial charge on any atom is 0.242 e. The molecule has 3 rings (SSSR count). The van der Waals surface area contributed by atoms with Crippen LogP contribution in [0.25, 0.3) is 0 Å². The first-order valence-corrected chi connectivity index (χ1v) is 8.67. The number of carboxylic acid groups (broad SMARTS) is 1. The van der Waals surface area contributed by atoms with Crippen molar-refractivity contribution in [2.24, 2.45) is 0 Å². The van der Waals surface area contributed by atoms with Crippen molar-refractivity contribution in [2.45, 2.75) is 0 Å². The second kappa shape index (κ2) is 8.92. The van der Waals surface area contributed by atoms with Crippen LogP contribution in [0.2, 0.25) is 0 Å². The van der Waals surface area contributed by atoms with Gasteiger partial charge >= 0.3 is 0 Å². The van der Waals surface area contributed by atoms with E-state index < -0.39 is 13.8 Å². The minimum Gasteiger partial charge on any atom is -0.490 e. The third-order valence-corrected chi connectivity index (χ3v) is 5.49. The predicted octanol–water partition coefficient (Wildman–Crippen LogP) is 2.74. The lowest BCUT2D eigenvalue weighted by molar-refractivity contribution is 0.220. The smallest absolute Gasteiger partial charge is 0.242 e. The Bertz CT molecular complexity index is 620. The molecule has 2 nitrogen and oxygen atoms in total. The van der Waals surface area contributed by atoms with Crippen LogP contribution in [0.5, 0.6) is 0 Å². The number of benzene rings is 3. The highest BCUT2D eigenvalue weighted by Crippen LogP contribution is 2.32. The molecule has 0 radical (unpaired) electrons. The number of rotatable bonds is 3. The third kappa shape index (κ3) is 5.39. The molecule has 0 aliphatic carbocycles. The summed E-state index contributed by atoms with van der Waals surface area (Å²) in [5.74, 6) is -0.833. The molecule has 0 amide bonds. The van der Waals surface area contributed by atoms with Crippen molar-refractivity contribution in [3.63, 3.8) is 0 Å². The molecule has 0 atom stereocenters. The lowest BCUT2D eigenvalue weighted by atomic mass is 10.2. The monoisotopic (exact) mass is 320 g/mol. The van der Waals surface area contributed by atoms with E-state index in [2.05, 4.69) is 91.0 Å². The predicted molar refractivity (Wildman–Crippen MR) is 102 cm³/mol. The van der Waals surface area contributed by atoms with Crippen molar-refractivity contribution in [3.05, 3.63) is 91.0 Å². The van der Waals surface area contributed by atoms with Crippen LogP contribution in [-0.2, 0) is 0 Å². The van der Waals surface area contributed by atoms with Gasteiger partial charge in [0.1, 0.15) is 0 Å². The second-order valence-electron chi connectivity index (χ2n) is 4.86. The van der Waals surface area contributed by atoms with E-state index in [1.54, 1.807) is 0 Å². The summed E-state index contributed by atoms with van der Waals surface area (Å²) in [4.78, 5) is 9.00. The summed E-state index contributed by atoms with van der Waals surface area (Å²) in [6.07, 6.45) is 0. The summed E-state index contributed by atoms with van der Waals surface area (Å²) < 4.78 is 0. The van der Waals surface area contributed by atoms with E-state index in [0.29, 0.717) is 0 Å². The Morgan fingerprint density at radius 1 is 0.652 bits per heavy atom. The summed E-state index contributed by atoms with van der Waals surface area (Å²) >= 11 is 0. The highest BCUT2D eigenvalue weighted by Gasteiger charge is 2.14. The Hall–Kier alpha value is -2.38. The van der Waals surface area contributed by atoms with E-state index in [1.165, 1.54) is 15.9 Å². The van der Waals surface area contributed by atoms with E-state index >= 15 is 0 Å². The molecule has 23 heavy (non-hydrogen) atoms. The minimum atomic E-state index is -0.833. The fourth-order valence-corrected chi connectivity index (χ4v) is 4.48. The van der Waals surface area contributed by atoms with Gasteiger partial charge in [-0.2, -0.15) is 0 Å². The number of carbonyl (C=O) groups is 1. The van der Waals surface area contributed by atoms with Gasteiger partial charge in [0.05, 0.1) is 0 Å². The van der Waals surface area contributed by atoms with Gasteiger partial charge in [0.15, 0.2) is 0 Å². The average molecular weight is 320 g/mol. The molecule has 4 heteroatoms. The van der Waals surface area contributed by atoms with Crippen molar-refractivity contribution in [2.75, 3.05) is 0 Å². The SMILES string of the molecule is BC(=O)O.c1ccc(P(c2ccccc2)c2ccccc2)cc1. The molecule has 0 bridgehead atoms. The van der Waals surface area contributed by atoms with Gasteiger partial charge in [0, 0.05) is 0 Å². The van der Waals surface area contributed by atoms with Crippen LogP contribution < -0.4 is 15.9 Å². The lowest BCUT2D eigenvalue weighted by Crippen LogP contribution is -2.20. The van der Waals surface area contributed by atoms with E-state index in [9.17, 15) is 0 Å². The molecule has 3 aromatic carbocycles. The molecular weight excluding hydrogens is 302 g/mol. The zero-order chi connectivity index (χ0) is 16.5. The first-order valence-electron chi connectivity index (χ1n) is 7.33. The zero-order valence-electron chi connectivity index (χ0n) is 13.0. The molecule has 0 saturated carbocycles. The van der Waals surface area contributed by atoms with Gasteiger partial charge in [-0.3, -0.25) is 4.79 Å². The molecule has 3 aromatic rings. The van der Waals surface area contributed by atoms with Gasteiger partial charge in [-0.05, 0) is 23.8 Å². The van der Waals surface area contributed by atoms with E-state index in [0.717, 1.165) is 7.85 Å². The summed E-state index contributed by atoms with van der Waals surface area (Å²) in [6.45, 7) is 0. The Morgan fingerprint density at radius 3 is 1.09 bits per heavy atom. The molecule has 0 fully saturated rings. The van der Waals surface area contributed by atoms with E-state index in [-0.39, 0.29) is 0 Å². The molecule has 0 aliphatic rings. The van der Waals surface area contributed by atoms with Crippen LogP contribution in [0.3, 0.4) is 0 Å². The van der Waals surface area contributed by atoms with Crippen LogP contribution in [0, 0.1) is 0 Å². The van der Waals surface area contributed by atoms with Crippen LogP contribution in [0.1, 0.15) is 0 Å².